The molecule has 1 fully saturated rings. The van der Waals surface area contributed by atoms with Gasteiger partial charge in [0.25, 0.3) is 5.91 Å². The summed E-state index contributed by atoms with van der Waals surface area (Å²) in [6, 6.07) is 4.35. The highest BCUT2D eigenvalue weighted by atomic mass is 16.3. The number of hydrogen-bond acceptors (Lipinski definition) is 4. The van der Waals surface area contributed by atoms with Gasteiger partial charge in [-0.25, -0.2) is 0 Å². The molecule has 23 heavy (non-hydrogen) atoms. The molecule has 1 aromatic carbocycles. The van der Waals surface area contributed by atoms with Crippen molar-refractivity contribution in [3.8, 4) is 11.5 Å². The van der Waals surface area contributed by atoms with E-state index in [9.17, 15) is 15.0 Å². The number of benzene rings is 1. The van der Waals surface area contributed by atoms with Gasteiger partial charge in [-0.3, -0.25) is 9.89 Å². The first-order valence-electron chi connectivity index (χ1n) is 8.01. The van der Waals surface area contributed by atoms with E-state index in [0.29, 0.717) is 19.0 Å². The average molecular weight is 313 g/mol. The Bertz CT molecular complexity index is 744. The standard InChI is InChI=1S/C17H19N3O3/c21-13-2-1-3-14(22)15(13)17(23)20-8-6-11-12(7-9-20)18-19-16(11)10-4-5-10/h1-3,10,21-22H,4-9H2,(H,18,19). The Morgan fingerprint density at radius 3 is 2.57 bits per heavy atom. The number of H-pyrrole nitrogens is 1. The van der Waals surface area contributed by atoms with Gasteiger partial charge in [0.1, 0.15) is 17.1 Å². The van der Waals surface area contributed by atoms with Crippen LogP contribution in [0.25, 0.3) is 0 Å². The molecule has 3 N–H and O–H groups in total. The number of carbonyl (C=O) groups excluding carboxylic acids is 1. The molecule has 6 nitrogen and oxygen atoms in total. The number of fused-ring (bicyclic) bond motifs is 1. The quantitative estimate of drug-likeness (QED) is 0.790. The molecule has 6 heteroatoms. The smallest absolute Gasteiger partial charge is 0.261 e. The summed E-state index contributed by atoms with van der Waals surface area (Å²) in [5, 5.41) is 27.4. The third-order valence-electron chi connectivity index (χ3n) is 4.73. The second kappa shape index (κ2) is 5.30. The Balaban J connectivity index is 1.57. The Labute approximate surface area is 133 Å². The van der Waals surface area contributed by atoms with Crippen molar-refractivity contribution in [2.24, 2.45) is 0 Å². The van der Waals surface area contributed by atoms with Crippen LogP contribution in [0.1, 0.15) is 46.1 Å². The second-order valence-electron chi connectivity index (χ2n) is 6.30. The highest BCUT2D eigenvalue weighted by Gasteiger charge is 2.32. The maximum absolute atomic E-state index is 12.7. The van der Waals surface area contributed by atoms with Crippen LogP contribution in [0.5, 0.6) is 11.5 Å². The van der Waals surface area contributed by atoms with E-state index in [1.807, 2.05) is 0 Å². The lowest BCUT2D eigenvalue weighted by Gasteiger charge is -2.21. The molecule has 2 aliphatic rings. The van der Waals surface area contributed by atoms with E-state index in [0.717, 1.165) is 18.5 Å². The molecule has 120 valence electrons. The fraction of sp³-hybridized carbons (Fsp3) is 0.412. The predicted octanol–water partition coefficient (Wildman–Crippen LogP) is 1.94. The number of nitrogens with zero attached hydrogens (tertiary/aromatic N) is 2. The summed E-state index contributed by atoms with van der Waals surface area (Å²) in [7, 11) is 0. The first-order chi connectivity index (χ1) is 11.1. The fourth-order valence-corrected chi connectivity index (χ4v) is 3.31. The van der Waals surface area contributed by atoms with Crippen LogP contribution in [0.4, 0.5) is 0 Å². The van der Waals surface area contributed by atoms with Gasteiger partial charge in [0, 0.05) is 31.1 Å². The average Bonchev–Trinajstić information content (AvgIpc) is 3.32. The Morgan fingerprint density at radius 1 is 1.17 bits per heavy atom. The zero-order chi connectivity index (χ0) is 16.0. The molecule has 0 spiro atoms. The molecule has 2 aromatic rings. The van der Waals surface area contributed by atoms with E-state index in [1.165, 1.54) is 42.3 Å². The molecule has 0 unspecified atom stereocenters. The molecule has 1 aromatic heterocycles. The molecular weight excluding hydrogens is 294 g/mol. The number of aromatic hydroxyl groups is 2. The monoisotopic (exact) mass is 313 g/mol. The lowest BCUT2D eigenvalue weighted by molar-refractivity contribution is 0.0756. The second-order valence-corrected chi connectivity index (χ2v) is 6.30. The van der Waals surface area contributed by atoms with Crippen molar-refractivity contribution in [3.05, 3.63) is 40.7 Å². The molecule has 0 radical (unpaired) electrons. The van der Waals surface area contributed by atoms with E-state index in [1.54, 1.807) is 4.90 Å². The van der Waals surface area contributed by atoms with Crippen LogP contribution in [0.2, 0.25) is 0 Å². The van der Waals surface area contributed by atoms with Gasteiger partial charge in [-0.15, -0.1) is 0 Å². The Morgan fingerprint density at radius 2 is 1.87 bits per heavy atom. The number of nitrogens with one attached hydrogen (secondary N) is 1. The summed E-state index contributed by atoms with van der Waals surface area (Å²) in [5.41, 5.74) is 3.52. The molecule has 1 saturated carbocycles. The van der Waals surface area contributed by atoms with Crippen molar-refractivity contribution in [2.75, 3.05) is 13.1 Å². The first-order valence-corrected chi connectivity index (χ1v) is 8.01. The number of aromatic nitrogens is 2. The Kier molecular flexibility index (Phi) is 3.25. The SMILES string of the molecule is O=C(c1c(O)cccc1O)N1CCc2[nH]nc(C3CC3)c2CC1. The third kappa shape index (κ3) is 2.44. The van der Waals surface area contributed by atoms with Crippen molar-refractivity contribution in [3.63, 3.8) is 0 Å². The van der Waals surface area contributed by atoms with Crippen molar-refractivity contribution in [2.45, 2.75) is 31.6 Å². The summed E-state index contributed by atoms with van der Waals surface area (Å²) in [4.78, 5) is 14.4. The molecule has 1 amide bonds. The minimum Gasteiger partial charge on any atom is -0.507 e. The molecule has 0 bridgehead atoms. The van der Waals surface area contributed by atoms with Gasteiger partial charge in [0.2, 0.25) is 0 Å². The van der Waals surface area contributed by atoms with Crippen molar-refractivity contribution in [1.82, 2.24) is 15.1 Å². The molecule has 1 aliphatic carbocycles. The number of aromatic amines is 1. The van der Waals surface area contributed by atoms with E-state index in [4.69, 9.17) is 0 Å². The van der Waals surface area contributed by atoms with Crippen LogP contribution in [-0.4, -0.2) is 44.3 Å². The van der Waals surface area contributed by atoms with E-state index < -0.39 is 0 Å². The number of carbonyl (C=O) groups is 1. The summed E-state index contributed by atoms with van der Waals surface area (Å²) < 4.78 is 0. The normalized spacial score (nSPS) is 17.7. The topological polar surface area (TPSA) is 89.5 Å². The highest BCUT2D eigenvalue weighted by Crippen LogP contribution is 2.41. The Hall–Kier alpha value is -2.50. The summed E-state index contributed by atoms with van der Waals surface area (Å²) in [6.07, 6.45) is 3.88. The largest absolute Gasteiger partial charge is 0.507 e. The maximum atomic E-state index is 12.7. The van der Waals surface area contributed by atoms with Gasteiger partial charge >= 0.3 is 0 Å². The molecule has 1 aliphatic heterocycles. The summed E-state index contributed by atoms with van der Waals surface area (Å²) in [5.74, 6) is -0.109. The van der Waals surface area contributed by atoms with Crippen molar-refractivity contribution in [1.29, 1.82) is 0 Å². The number of amides is 1. The predicted molar refractivity (Wildman–Crippen MR) is 83.6 cm³/mol. The lowest BCUT2D eigenvalue weighted by Crippen LogP contribution is -2.33. The summed E-state index contributed by atoms with van der Waals surface area (Å²) in [6.45, 7) is 1.12. The van der Waals surface area contributed by atoms with Crippen molar-refractivity contribution >= 4 is 5.91 Å². The zero-order valence-corrected chi connectivity index (χ0v) is 12.7. The van der Waals surface area contributed by atoms with Crippen LogP contribution in [-0.2, 0) is 12.8 Å². The fourth-order valence-electron chi connectivity index (χ4n) is 3.31. The number of hydrogen-bond donors (Lipinski definition) is 3. The number of rotatable bonds is 2. The van der Waals surface area contributed by atoms with Crippen LogP contribution in [0.3, 0.4) is 0 Å². The van der Waals surface area contributed by atoms with Crippen LogP contribution >= 0.6 is 0 Å². The van der Waals surface area contributed by atoms with Gasteiger partial charge in [-0.2, -0.15) is 5.10 Å². The number of phenolic OH excluding ortho intramolecular Hbond substituents is 2. The van der Waals surface area contributed by atoms with Crippen molar-refractivity contribution < 1.29 is 15.0 Å². The minimum atomic E-state index is -0.327. The maximum Gasteiger partial charge on any atom is 0.261 e. The molecular formula is C17H19N3O3. The van der Waals surface area contributed by atoms with E-state index >= 15 is 0 Å². The van der Waals surface area contributed by atoms with Crippen LogP contribution < -0.4 is 0 Å². The van der Waals surface area contributed by atoms with Crippen LogP contribution in [0, 0.1) is 0 Å². The van der Waals surface area contributed by atoms with Gasteiger partial charge in [-0.1, -0.05) is 6.07 Å². The molecule has 0 atom stereocenters. The zero-order valence-electron chi connectivity index (χ0n) is 12.7. The highest BCUT2D eigenvalue weighted by molar-refractivity contribution is 5.99. The van der Waals surface area contributed by atoms with Gasteiger partial charge in [0.15, 0.2) is 0 Å². The molecule has 0 saturated heterocycles. The number of phenols is 2. The van der Waals surface area contributed by atoms with Gasteiger partial charge < -0.3 is 15.1 Å². The van der Waals surface area contributed by atoms with Gasteiger partial charge in [-0.05, 0) is 37.0 Å². The summed E-state index contributed by atoms with van der Waals surface area (Å²) >= 11 is 0. The third-order valence-corrected chi connectivity index (χ3v) is 4.73. The minimum absolute atomic E-state index is 0.0152. The lowest BCUT2D eigenvalue weighted by atomic mass is 10.1. The van der Waals surface area contributed by atoms with E-state index in [-0.39, 0.29) is 23.0 Å². The van der Waals surface area contributed by atoms with Gasteiger partial charge in [0.05, 0.1) is 5.69 Å². The molecule has 4 rings (SSSR count). The first kappa shape index (κ1) is 14.1. The molecule has 2 heterocycles. The van der Waals surface area contributed by atoms with Crippen LogP contribution in [0.15, 0.2) is 18.2 Å². The van der Waals surface area contributed by atoms with E-state index in [2.05, 4.69) is 10.2 Å².